The van der Waals surface area contributed by atoms with Gasteiger partial charge < -0.3 is 5.32 Å². The Labute approximate surface area is 116 Å². The highest BCUT2D eigenvalue weighted by Gasteiger charge is 2.21. The lowest BCUT2D eigenvalue weighted by Gasteiger charge is -2.09. The summed E-state index contributed by atoms with van der Waals surface area (Å²) in [4.78, 5) is 16.3. The molecule has 2 N–H and O–H groups in total. The monoisotopic (exact) mass is 285 g/mol. The number of nitrogens with one attached hydrogen (secondary N) is 2. The Kier molecular flexibility index (Phi) is 5.03. The van der Waals surface area contributed by atoms with Crippen LogP contribution in [0.2, 0.25) is 0 Å². The van der Waals surface area contributed by atoms with Gasteiger partial charge in [-0.25, -0.2) is 4.98 Å². The normalized spacial score (nSPS) is 19.4. The second kappa shape index (κ2) is 6.54. The summed E-state index contributed by atoms with van der Waals surface area (Å²) in [6.07, 6.45) is 0.814. The molecule has 1 fully saturated rings. The van der Waals surface area contributed by atoms with Gasteiger partial charge in [0.25, 0.3) is 0 Å². The zero-order valence-electron chi connectivity index (χ0n) is 10.7. The van der Waals surface area contributed by atoms with E-state index in [1.807, 2.05) is 0 Å². The van der Waals surface area contributed by atoms with Crippen molar-refractivity contribution < 1.29 is 4.79 Å². The minimum Gasteiger partial charge on any atom is -0.354 e. The molecule has 4 nitrogen and oxygen atoms in total. The Morgan fingerprint density at radius 3 is 3.11 bits per heavy atom. The Morgan fingerprint density at radius 2 is 2.50 bits per heavy atom. The van der Waals surface area contributed by atoms with Gasteiger partial charge in [-0.05, 0) is 0 Å². The van der Waals surface area contributed by atoms with E-state index in [-0.39, 0.29) is 11.9 Å². The Hall–Kier alpha value is -0.590. The van der Waals surface area contributed by atoms with Crippen LogP contribution in [-0.2, 0) is 11.2 Å². The molecule has 1 amide bonds. The van der Waals surface area contributed by atoms with Crippen LogP contribution in [0.1, 0.15) is 30.5 Å². The molecule has 18 heavy (non-hydrogen) atoms. The van der Waals surface area contributed by atoms with Gasteiger partial charge in [0.2, 0.25) is 5.91 Å². The first-order valence-corrected chi connectivity index (χ1v) is 8.23. The van der Waals surface area contributed by atoms with Gasteiger partial charge in [0, 0.05) is 35.9 Å². The number of hydrogen-bond acceptors (Lipinski definition) is 5. The van der Waals surface area contributed by atoms with Gasteiger partial charge in [-0.3, -0.25) is 10.1 Å². The molecule has 1 aliphatic rings. The minimum absolute atomic E-state index is 0.0170. The molecule has 0 radical (unpaired) electrons. The number of carbonyl (C=O) groups is 1. The lowest BCUT2D eigenvalue weighted by Crippen LogP contribution is -2.42. The first-order valence-electron chi connectivity index (χ1n) is 6.20. The van der Waals surface area contributed by atoms with E-state index >= 15 is 0 Å². The van der Waals surface area contributed by atoms with Crippen LogP contribution < -0.4 is 10.6 Å². The highest BCUT2D eigenvalue weighted by atomic mass is 32.2. The minimum atomic E-state index is -0.0170. The molecule has 1 atom stereocenters. The highest BCUT2D eigenvalue weighted by molar-refractivity contribution is 7.99. The summed E-state index contributed by atoms with van der Waals surface area (Å²) in [5.41, 5.74) is 1.08. The Morgan fingerprint density at radius 1 is 1.67 bits per heavy atom. The van der Waals surface area contributed by atoms with Crippen LogP contribution in [0, 0.1) is 0 Å². The number of rotatable bonds is 5. The Balaban J connectivity index is 1.72. The second-order valence-electron chi connectivity index (χ2n) is 4.64. The van der Waals surface area contributed by atoms with Crippen molar-refractivity contribution in [2.24, 2.45) is 0 Å². The predicted molar refractivity (Wildman–Crippen MR) is 77.2 cm³/mol. The van der Waals surface area contributed by atoms with Crippen LogP contribution in [0.5, 0.6) is 0 Å². The molecule has 1 aromatic rings. The fraction of sp³-hybridized carbons (Fsp3) is 0.667. The molecule has 0 spiro atoms. The number of thiazole rings is 1. The summed E-state index contributed by atoms with van der Waals surface area (Å²) < 4.78 is 0. The average Bonchev–Trinajstić information content (AvgIpc) is 3.00. The van der Waals surface area contributed by atoms with Crippen molar-refractivity contribution in [1.82, 2.24) is 15.6 Å². The van der Waals surface area contributed by atoms with Crippen molar-refractivity contribution in [3.05, 3.63) is 16.1 Å². The van der Waals surface area contributed by atoms with Gasteiger partial charge in [-0.2, -0.15) is 0 Å². The maximum absolute atomic E-state index is 11.7. The summed E-state index contributed by atoms with van der Waals surface area (Å²) in [6.45, 7) is 4.96. The number of aromatic nitrogens is 1. The molecule has 2 rings (SSSR count). The molecule has 6 heteroatoms. The van der Waals surface area contributed by atoms with Gasteiger partial charge in [0.1, 0.15) is 0 Å². The lowest BCUT2D eigenvalue weighted by molar-refractivity contribution is -0.122. The van der Waals surface area contributed by atoms with Crippen LogP contribution in [0.3, 0.4) is 0 Å². The van der Waals surface area contributed by atoms with Crippen LogP contribution in [-0.4, -0.2) is 35.1 Å². The third kappa shape index (κ3) is 3.70. The largest absolute Gasteiger partial charge is 0.354 e. The standard InChI is InChI=1S/C12H19N3OS2/c1-8(2)12-15-9(5-18-12)3-4-13-11(16)10-6-17-7-14-10/h5,8,10,14H,3-4,6-7H2,1-2H3,(H,13,16). The van der Waals surface area contributed by atoms with Crippen LogP contribution >= 0.6 is 23.1 Å². The van der Waals surface area contributed by atoms with Crippen LogP contribution in [0.15, 0.2) is 5.38 Å². The zero-order chi connectivity index (χ0) is 13.0. The molecule has 0 aromatic carbocycles. The van der Waals surface area contributed by atoms with E-state index in [2.05, 4.69) is 34.8 Å². The summed E-state index contributed by atoms with van der Waals surface area (Å²) in [5.74, 6) is 2.35. The molecule has 1 unspecified atom stereocenters. The van der Waals surface area contributed by atoms with E-state index in [1.54, 1.807) is 23.1 Å². The van der Waals surface area contributed by atoms with E-state index < -0.39 is 0 Å². The van der Waals surface area contributed by atoms with E-state index in [9.17, 15) is 4.79 Å². The van der Waals surface area contributed by atoms with Gasteiger partial charge in [-0.15, -0.1) is 23.1 Å². The predicted octanol–water partition coefficient (Wildman–Crippen LogP) is 1.59. The number of nitrogens with zero attached hydrogens (tertiary/aromatic N) is 1. The topological polar surface area (TPSA) is 54.0 Å². The zero-order valence-corrected chi connectivity index (χ0v) is 12.4. The molecular formula is C12H19N3OS2. The quantitative estimate of drug-likeness (QED) is 0.862. The molecule has 0 aliphatic carbocycles. The number of amides is 1. The summed E-state index contributed by atoms with van der Waals surface area (Å²) in [6, 6.07) is -0.0170. The van der Waals surface area contributed by atoms with Gasteiger partial charge in [-0.1, -0.05) is 13.8 Å². The maximum Gasteiger partial charge on any atom is 0.238 e. The van der Waals surface area contributed by atoms with Crippen molar-refractivity contribution in [2.45, 2.75) is 32.2 Å². The first kappa shape index (κ1) is 13.8. The van der Waals surface area contributed by atoms with Crippen molar-refractivity contribution in [2.75, 3.05) is 18.2 Å². The molecule has 100 valence electrons. The van der Waals surface area contributed by atoms with Gasteiger partial charge >= 0.3 is 0 Å². The van der Waals surface area contributed by atoms with Gasteiger partial charge in [0.15, 0.2) is 0 Å². The maximum atomic E-state index is 11.7. The summed E-state index contributed by atoms with van der Waals surface area (Å²) >= 11 is 3.47. The molecular weight excluding hydrogens is 266 g/mol. The average molecular weight is 285 g/mol. The molecule has 2 heterocycles. The first-order chi connectivity index (χ1) is 8.66. The summed E-state index contributed by atoms with van der Waals surface area (Å²) in [7, 11) is 0. The van der Waals surface area contributed by atoms with Crippen molar-refractivity contribution in [3.63, 3.8) is 0 Å². The Bertz CT molecular complexity index is 400. The lowest BCUT2D eigenvalue weighted by atomic mass is 10.2. The van der Waals surface area contributed by atoms with Crippen molar-refractivity contribution in [1.29, 1.82) is 0 Å². The van der Waals surface area contributed by atoms with E-state index in [1.165, 1.54) is 5.01 Å². The van der Waals surface area contributed by atoms with Crippen LogP contribution in [0.25, 0.3) is 0 Å². The van der Waals surface area contributed by atoms with Crippen LogP contribution in [0.4, 0.5) is 0 Å². The van der Waals surface area contributed by atoms with E-state index in [0.717, 1.165) is 23.7 Å². The molecule has 1 aromatic heterocycles. The fourth-order valence-electron chi connectivity index (χ4n) is 1.70. The third-order valence-corrected chi connectivity index (χ3v) is 4.91. The molecule has 0 saturated carbocycles. The molecule has 0 bridgehead atoms. The highest BCUT2D eigenvalue weighted by Crippen LogP contribution is 2.19. The smallest absolute Gasteiger partial charge is 0.238 e. The number of carbonyl (C=O) groups excluding carboxylic acids is 1. The SMILES string of the molecule is CC(C)c1nc(CCNC(=O)C2CSCN2)cs1. The fourth-order valence-corrected chi connectivity index (χ4v) is 3.51. The summed E-state index contributed by atoms with van der Waals surface area (Å²) in [5, 5.41) is 9.38. The van der Waals surface area contributed by atoms with E-state index in [4.69, 9.17) is 0 Å². The van der Waals surface area contributed by atoms with E-state index in [0.29, 0.717) is 12.5 Å². The number of thioether (sulfide) groups is 1. The van der Waals surface area contributed by atoms with Crippen molar-refractivity contribution >= 4 is 29.0 Å². The van der Waals surface area contributed by atoms with Gasteiger partial charge in [0.05, 0.1) is 16.7 Å². The third-order valence-electron chi connectivity index (χ3n) is 2.78. The molecule has 1 aliphatic heterocycles. The number of hydrogen-bond donors (Lipinski definition) is 2. The second-order valence-corrected chi connectivity index (χ2v) is 6.56. The van der Waals surface area contributed by atoms with Crippen molar-refractivity contribution in [3.8, 4) is 0 Å². The molecule has 1 saturated heterocycles.